The highest BCUT2D eigenvalue weighted by atomic mass is 14.3. The molecule has 1 aromatic carbocycles. The summed E-state index contributed by atoms with van der Waals surface area (Å²) in [4.78, 5) is 0. The van der Waals surface area contributed by atoms with Gasteiger partial charge in [-0.05, 0) is 98.6 Å². The molecule has 0 saturated heterocycles. The van der Waals surface area contributed by atoms with Gasteiger partial charge in [-0.25, -0.2) is 0 Å². The zero-order chi connectivity index (χ0) is 22.4. The lowest BCUT2D eigenvalue weighted by molar-refractivity contribution is 0.500. The molecule has 0 N–H and O–H groups in total. The van der Waals surface area contributed by atoms with Crippen molar-refractivity contribution < 1.29 is 0 Å². The summed E-state index contributed by atoms with van der Waals surface area (Å²) < 4.78 is 0. The maximum absolute atomic E-state index is 4.59. The first-order chi connectivity index (χ1) is 13.6. The Balaban J connectivity index is 0.00000204. The number of hydrogen-bond acceptors (Lipinski definition) is 0. The standard InChI is InChI=1S/C27H38.C2H6/c1-10-23(26(11-2)27(7,8)9)21(6)22-15-14-20(5)25(17-22)24-16-18(3)12-13-19(24)4;1-2/h10-13,16,22H,6,14-15,17H2,1-5,7-9H3;1-2H3/b23-10-,26-11+;. The van der Waals surface area contributed by atoms with E-state index in [1.54, 1.807) is 11.1 Å². The molecule has 0 aliphatic heterocycles. The van der Waals surface area contributed by atoms with Crippen LogP contribution in [0.15, 0.2) is 59.2 Å². The van der Waals surface area contributed by atoms with Crippen molar-refractivity contribution in [1.29, 1.82) is 0 Å². The lowest BCUT2D eigenvalue weighted by Gasteiger charge is -2.33. The van der Waals surface area contributed by atoms with E-state index in [2.05, 4.69) is 92.3 Å². The highest BCUT2D eigenvalue weighted by Gasteiger charge is 2.28. The van der Waals surface area contributed by atoms with Crippen LogP contribution in [-0.2, 0) is 0 Å². The van der Waals surface area contributed by atoms with Crippen LogP contribution in [0.25, 0.3) is 5.57 Å². The molecule has 160 valence electrons. The molecule has 2 rings (SSSR count). The molecule has 1 aromatic rings. The molecule has 0 heteroatoms. The number of hydrogen-bond donors (Lipinski definition) is 0. The number of benzene rings is 1. The predicted molar refractivity (Wildman–Crippen MR) is 133 cm³/mol. The van der Waals surface area contributed by atoms with E-state index in [0.717, 1.165) is 6.42 Å². The van der Waals surface area contributed by atoms with E-state index >= 15 is 0 Å². The van der Waals surface area contributed by atoms with Gasteiger partial charge in [0.1, 0.15) is 0 Å². The normalized spacial score (nSPS) is 18.3. The van der Waals surface area contributed by atoms with Crippen LogP contribution >= 0.6 is 0 Å². The van der Waals surface area contributed by atoms with Crippen molar-refractivity contribution in [2.75, 3.05) is 0 Å². The minimum Gasteiger partial charge on any atom is -0.0949 e. The molecule has 0 nitrogen and oxygen atoms in total. The third-order valence-corrected chi connectivity index (χ3v) is 6.07. The van der Waals surface area contributed by atoms with Gasteiger partial charge >= 0.3 is 0 Å². The average Bonchev–Trinajstić information content (AvgIpc) is 2.68. The fourth-order valence-corrected chi connectivity index (χ4v) is 4.49. The molecule has 1 aliphatic rings. The summed E-state index contributed by atoms with van der Waals surface area (Å²) in [6.45, 7) is 26.5. The fourth-order valence-electron chi connectivity index (χ4n) is 4.49. The van der Waals surface area contributed by atoms with Gasteiger partial charge in [0.25, 0.3) is 0 Å². The van der Waals surface area contributed by atoms with E-state index in [1.165, 1.54) is 46.3 Å². The van der Waals surface area contributed by atoms with Crippen LogP contribution in [0.4, 0.5) is 0 Å². The summed E-state index contributed by atoms with van der Waals surface area (Å²) in [5.74, 6) is 0.520. The Kier molecular flexibility index (Phi) is 9.40. The molecule has 0 saturated carbocycles. The maximum atomic E-state index is 4.59. The zero-order valence-electron chi connectivity index (χ0n) is 20.8. The van der Waals surface area contributed by atoms with Gasteiger partial charge in [-0.1, -0.05) is 82.7 Å². The molecule has 0 radical (unpaired) electrons. The smallest absolute Gasteiger partial charge is 0.0118 e. The third-order valence-electron chi connectivity index (χ3n) is 6.07. The Hall–Kier alpha value is -1.82. The van der Waals surface area contributed by atoms with Gasteiger partial charge in [-0.2, -0.15) is 0 Å². The quantitative estimate of drug-likeness (QED) is 0.448. The monoisotopic (exact) mass is 392 g/mol. The first kappa shape index (κ1) is 25.2. The second-order valence-electron chi connectivity index (χ2n) is 9.20. The second-order valence-corrected chi connectivity index (χ2v) is 9.20. The van der Waals surface area contributed by atoms with Crippen molar-refractivity contribution >= 4 is 5.57 Å². The van der Waals surface area contributed by atoms with E-state index in [9.17, 15) is 0 Å². The van der Waals surface area contributed by atoms with Crippen molar-refractivity contribution in [3.8, 4) is 0 Å². The lowest BCUT2D eigenvalue weighted by atomic mass is 9.72. The summed E-state index contributed by atoms with van der Waals surface area (Å²) in [6.07, 6.45) is 8.02. The van der Waals surface area contributed by atoms with Gasteiger partial charge in [0.2, 0.25) is 0 Å². The molecule has 0 fully saturated rings. The first-order valence-corrected chi connectivity index (χ1v) is 11.4. The molecule has 1 atom stereocenters. The number of aryl methyl sites for hydroxylation is 2. The first-order valence-electron chi connectivity index (χ1n) is 11.4. The van der Waals surface area contributed by atoms with Gasteiger partial charge in [0.15, 0.2) is 0 Å². The number of allylic oxidation sites excluding steroid dienone is 7. The largest absolute Gasteiger partial charge is 0.0949 e. The molecule has 0 heterocycles. The van der Waals surface area contributed by atoms with Crippen molar-refractivity contribution in [2.24, 2.45) is 11.3 Å². The van der Waals surface area contributed by atoms with Crippen molar-refractivity contribution in [1.82, 2.24) is 0 Å². The summed E-state index contributed by atoms with van der Waals surface area (Å²) in [6, 6.07) is 6.84. The number of rotatable bonds is 4. The van der Waals surface area contributed by atoms with Gasteiger partial charge in [-0.15, -0.1) is 0 Å². The average molecular weight is 393 g/mol. The molecule has 0 bridgehead atoms. The van der Waals surface area contributed by atoms with E-state index in [4.69, 9.17) is 0 Å². The van der Waals surface area contributed by atoms with Crippen LogP contribution in [0.2, 0.25) is 0 Å². The highest BCUT2D eigenvalue weighted by molar-refractivity contribution is 5.73. The molecule has 0 aromatic heterocycles. The van der Waals surface area contributed by atoms with Crippen molar-refractivity contribution in [2.45, 2.75) is 88.5 Å². The third kappa shape index (κ3) is 6.08. The van der Waals surface area contributed by atoms with Gasteiger partial charge in [0, 0.05) is 0 Å². The van der Waals surface area contributed by atoms with Crippen LogP contribution in [-0.4, -0.2) is 0 Å². The zero-order valence-corrected chi connectivity index (χ0v) is 20.8. The molecular formula is C29H44. The molecule has 0 spiro atoms. The predicted octanol–water partition coefficient (Wildman–Crippen LogP) is 9.40. The molecule has 1 unspecified atom stereocenters. The van der Waals surface area contributed by atoms with Crippen LogP contribution in [0.5, 0.6) is 0 Å². The molecule has 1 aliphatic carbocycles. The Morgan fingerprint density at radius 1 is 1.03 bits per heavy atom. The van der Waals surface area contributed by atoms with Crippen molar-refractivity contribution in [3.63, 3.8) is 0 Å². The van der Waals surface area contributed by atoms with Crippen LogP contribution in [0.1, 0.15) is 91.3 Å². The Morgan fingerprint density at radius 3 is 2.17 bits per heavy atom. The van der Waals surface area contributed by atoms with Crippen molar-refractivity contribution in [3.05, 3.63) is 75.9 Å². The maximum Gasteiger partial charge on any atom is -0.0118 e. The SMILES string of the molecule is C=C(C(=C/C)/C(=C\C)C(C)(C)C)C1CCC(C)=C(c2cc(C)ccc2C)C1.CC. The summed E-state index contributed by atoms with van der Waals surface area (Å²) in [5.41, 5.74) is 11.5. The summed E-state index contributed by atoms with van der Waals surface area (Å²) in [5, 5.41) is 0. The Morgan fingerprint density at radius 2 is 1.66 bits per heavy atom. The highest BCUT2D eigenvalue weighted by Crippen LogP contribution is 2.44. The second kappa shape index (κ2) is 10.8. The lowest BCUT2D eigenvalue weighted by Crippen LogP contribution is -2.18. The van der Waals surface area contributed by atoms with E-state index in [1.807, 2.05) is 13.8 Å². The Labute approximate surface area is 181 Å². The molecule has 29 heavy (non-hydrogen) atoms. The summed E-state index contributed by atoms with van der Waals surface area (Å²) >= 11 is 0. The van der Waals surface area contributed by atoms with E-state index in [0.29, 0.717) is 5.92 Å². The van der Waals surface area contributed by atoms with E-state index < -0.39 is 0 Å². The topological polar surface area (TPSA) is 0 Å². The minimum absolute atomic E-state index is 0.135. The van der Waals surface area contributed by atoms with Gasteiger partial charge in [0.05, 0.1) is 0 Å². The van der Waals surface area contributed by atoms with Gasteiger partial charge in [-0.3, -0.25) is 0 Å². The van der Waals surface area contributed by atoms with E-state index in [-0.39, 0.29) is 5.41 Å². The minimum atomic E-state index is 0.135. The fraction of sp³-hybridized carbons (Fsp3) is 0.517. The van der Waals surface area contributed by atoms with Crippen LogP contribution < -0.4 is 0 Å². The van der Waals surface area contributed by atoms with Crippen LogP contribution in [0, 0.1) is 25.2 Å². The van der Waals surface area contributed by atoms with Gasteiger partial charge < -0.3 is 0 Å². The Bertz CT molecular complexity index is 803. The molecule has 0 amide bonds. The van der Waals surface area contributed by atoms with Crippen LogP contribution in [0.3, 0.4) is 0 Å². The molecular weight excluding hydrogens is 348 g/mol. The summed E-state index contributed by atoms with van der Waals surface area (Å²) in [7, 11) is 0.